The molecule has 24 heavy (non-hydrogen) atoms. The van der Waals surface area contributed by atoms with Crippen LogP contribution in [0, 0.1) is 0 Å². The highest BCUT2D eigenvalue weighted by Crippen LogP contribution is 2.28. The first kappa shape index (κ1) is 16.4. The van der Waals surface area contributed by atoms with Gasteiger partial charge in [-0.2, -0.15) is 0 Å². The van der Waals surface area contributed by atoms with Crippen molar-refractivity contribution in [3.05, 3.63) is 24.3 Å². The van der Waals surface area contributed by atoms with E-state index < -0.39 is 0 Å². The number of urea groups is 1. The molecule has 7 nitrogen and oxygen atoms in total. The van der Waals surface area contributed by atoms with Crippen molar-refractivity contribution in [1.29, 1.82) is 0 Å². The minimum atomic E-state index is -0.380. The summed E-state index contributed by atoms with van der Waals surface area (Å²) in [6, 6.07) is 7.37. The lowest BCUT2D eigenvalue weighted by Gasteiger charge is -2.36. The Kier molecular flexibility index (Phi) is 4.78. The lowest BCUT2D eigenvalue weighted by atomic mass is 10.2. The predicted molar refractivity (Wildman–Crippen MR) is 91.4 cm³/mol. The summed E-state index contributed by atoms with van der Waals surface area (Å²) >= 11 is 0. The van der Waals surface area contributed by atoms with E-state index in [9.17, 15) is 9.59 Å². The van der Waals surface area contributed by atoms with E-state index in [1.807, 2.05) is 24.3 Å². The molecule has 2 fully saturated rings. The van der Waals surface area contributed by atoms with Crippen LogP contribution in [0.25, 0.3) is 0 Å². The average Bonchev–Trinajstić information content (AvgIpc) is 2.94. The van der Waals surface area contributed by atoms with E-state index in [4.69, 9.17) is 4.74 Å². The topological polar surface area (TPSA) is 65.1 Å². The Morgan fingerprint density at radius 1 is 1.17 bits per heavy atom. The summed E-state index contributed by atoms with van der Waals surface area (Å²) in [5, 5.41) is 2.86. The van der Waals surface area contributed by atoms with Crippen molar-refractivity contribution in [1.82, 2.24) is 15.1 Å². The van der Waals surface area contributed by atoms with Crippen LogP contribution in [-0.4, -0.2) is 74.7 Å². The van der Waals surface area contributed by atoms with Crippen molar-refractivity contribution in [2.45, 2.75) is 12.5 Å². The van der Waals surface area contributed by atoms with Gasteiger partial charge in [0.1, 0.15) is 11.8 Å². The summed E-state index contributed by atoms with van der Waals surface area (Å²) in [4.78, 5) is 29.9. The van der Waals surface area contributed by atoms with Crippen LogP contribution >= 0.6 is 0 Å². The van der Waals surface area contributed by atoms with Gasteiger partial charge in [0.25, 0.3) is 0 Å². The van der Waals surface area contributed by atoms with E-state index in [-0.39, 0.29) is 18.0 Å². The summed E-state index contributed by atoms with van der Waals surface area (Å²) in [6.45, 7) is 3.44. The molecule has 0 aliphatic carbocycles. The molecule has 2 aliphatic heterocycles. The summed E-state index contributed by atoms with van der Waals surface area (Å²) in [7, 11) is 3.43. The lowest BCUT2D eigenvalue weighted by Crippen LogP contribution is -2.54. The fourth-order valence-electron chi connectivity index (χ4n) is 3.24. The highest BCUT2D eigenvalue weighted by molar-refractivity contribution is 5.88. The van der Waals surface area contributed by atoms with E-state index in [2.05, 4.69) is 10.2 Å². The number of likely N-dealkylation sites (N-methyl/N-ethyl adjacent to an activating group) is 1. The van der Waals surface area contributed by atoms with Gasteiger partial charge in [0.15, 0.2) is 0 Å². The number of carbonyl (C=O) groups is 2. The van der Waals surface area contributed by atoms with Gasteiger partial charge in [0.05, 0.1) is 12.8 Å². The number of para-hydroxylation sites is 2. The van der Waals surface area contributed by atoms with E-state index in [1.54, 1.807) is 24.0 Å². The molecule has 1 aromatic rings. The first-order valence-electron chi connectivity index (χ1n) is 8.28. The van der Waals surface area contributed by atoms with Gasteiger partial charge in [-0.1, -0.05) is 12.1 Å². The van der Waals surface area contributed by atoms with Gasteiger partial charge in [0.2, 0.25) is 5.91 Å². The summed E-state index contributed by atoms with van der Waals surface area (Å²) in [5.74, 6) is 0.839. The van der Waals surface area contributed by atoms with Crippen molar-refractivity contribution in [2.24, 2.45) is 0 Å². The van der Waals surface area contributed by atoms with Gasteiger partial charge in [0, 0.05) is 39.8 Å². The number of nitrogens with zero attached hydrogens (tertiary/aromatic N) is 3. The molecule has 2 heterocycles. The first-order valence-corrected chi connectivity index (χ1v) is 8.28. The van der Waals surface area contributed by atoms with Crippen LogP contribution in [0.3, 0.4) is 0 Å². The van der Waals surface area contributed by atoms with E-state index in [1.165, 1.54) is 0 Å². The second kappa shape index (κ2) is 6.98. The zero-order chi connectivity index (χ0) is 17.1. The molecule has 0 radical (unpaired) electrons. The fourth-order valence-corrected chi connectivity index (χ4v) is 3.24. The first-order chi connectivity index (χ1) is 11.6. The van der Waals surface area contributed by atoms with Crippen molar-refractivity contribution in [3.63, 3.8) is 0 Å². The molecule has 0 bridgehead atoms. The molecule has 0 saturated carbocycles. The molecule has 0 spiro atoms. The van der Waals surface area contributed by atoms with E-state index in [0.717, 1.165) is 24.5 Å². The monoisotopic (exact) mass is 332 g/mol. The molecule has 2 aliphatic rings. The van der Waals surface area contributed by atoms with Crippen molar-refractivity contribution in [3.8, 4) is 5.75 Å². The molecule has 2 saturated heterocycles. The normalized spacial score (nSPS) is 21.2. The third-order valence-electron chi connectivity index (χ3n) is 4.72. The predicted octanol–water partition coefficient (Wildman–Crippen LogP) is 0.758. The third kappa shape index (κ3) is 3.25. The summed E-state index contributed by atoms with van der Waals surface area (Å²) in [6.07, 6.45) is 0.683. The molecule has 130 valence electrons. The van der Waals surface area contributed by atoms with Crippen molar-refractivity contribution < 1.29 is 14.3 Å². The zero-order valence-corrected chi connectivity index (χ0v) is 14.2. The number of ether oxygens (including phenoxy) is 1. The molecule has 1 atom stereocenters. The number of anilines is 1. The van der Waals surface area contributed by atoms with Gasteiger partial charge < -0.3 is 24.8 Å². The molecule has 0 unspecified atom stereocenters. The quantitative estimate of drug-likeness (QED) is 0.887. The number of nitrogens with one attached hydrogen (secondary N) is 1. The highest BCUT2D eigenvalue weighted by Gasteiger charge is 2.32. The molecule has 1 N–H and O–H groups in total. The molecule has 0 aromatic heterocycles. The van der Waals surface area contributed by atoms with E-state index >= 15 is 0 Å². The van der Waals surface area contributed by atoms with E-state index in [0.29, 0.717) is 26.1 Å². The maximum atomic E-state index is 12.4. The Morgan fingerprint density at radius 3 is 2.50 bits per heavy atom. The van der Waals surface area contributed by atoms with Crippen LogP contribution in [-0.2, 0) is 4.79 Å². The SMILES string of the molecule is COc1ccccc1N1CCN(C(=O)N[C@H]2CCN(C)C2=O)CC1. The maximum absolute atomic E-state index is 12.4. The number of rotatable bonds is 3. The van der Waals surface area contributed by atoms with Crippen molar-refractivity contribution >= 4 is 17.6 Å². The van der Waals surface area contributed by atoms with Crippen LogP contribution in [0.4, 0.5) is 10.5 Å². The number of amides is 3. The molecule has 3 amide bonds. The summed E-state index contributed by atoms with van der Waals surface area (Å²) < 4.78 is 5.41. The number of hydrogen-bond donors (Lipinski definition) is 1. The molecular formula is C17H24N4O3. The van der Waals surface area contributed by atoms with Gasteiger partial charge >= 0.3 is 6.03 Å². The van der Waals surface area contributed by atoms with Crippen LogP contribution in [0.2, 0.25) is 0 Å². The Labute approximate surface area is 142 Å². The Morgan fingerprint density at radius 2 is 1.88 bits per heavy atom. The third-order valence-corrected chi connectivity index (χ3v) is 4.72. The number of methoxy groups -OCH3 is 1. The Bertz CT molecular complexity index is 614. The van der Waals surface area contributed by atoms with Gasteiger partial charge in [-0.3, -0.25) is 4.79 Å². The number of carbonyl (C=O) groups excluding carboxylic acids is 2. The number of hydrogen-bond acceptors (Lipinski definition) is 4. The molecule has 7 heteroatoms. The minimum Gasteiger partial charge on any atom is -0.495 e. The fraction of sp³-hybridized carbons (Fsp3) is 0.529. The molecule has 1 aromatic carbocycles. The maximum Gasteiger partial charge on any atom is 0.318 e. The Hall–Kier alpha value is -2.44. The number of likely N-dealkylation sites (tertiary alicyclic amines) is 1. The number of piperazine rings is 1. The molecular weight excluding hydrogens is 308 g/mol. The van der Waals surface area contributed by atoms with Crippen LogP contribution in [0.15, 0.2) is 24.3 Å². The highest BCUT2D eigenvalue weighted by atomic mass is 16.5. The van der Waals surface area contributed by atoms with Gasteiger partial charge in [-0.05, 0) is 18.6 Å². The molecule has 3 rings (SSSR count). The second-order valence-corrected chi connectivity index (χ2v) is 6.20. The number of benzene rings is 1. The standard InChI is InChI=1S/C17H24N4O3/c1-19-8-7-13(16(19)22)18-17(23)21-11-9-20(10-12-21)14-5-3-4-6-15(14)24-2/h3-6,13H,7-12H2,1-2H3,(H,18,23)/t13-/m0/s1. The lowest BCUT2D eigenvalue weighted by molar-refractivity contribution is -0.128. The zero-order valence-electron chi connectivity index (χ0n) is 14.2. The average molecular weight is 332 g/mol. The summed E-state index contributed by atoms with van der Waals surface area (Å²) in [5.41, 5.74) is 1.05. The van der Waals surface area contributed by atoms with Crippen LogP contribution in [0.5, 0.6) is 5.75 Å². The smallest absolute Gasteiger partial charge is 0.318 e. The largest absolute Gasteiger partial charge is 0.495 e. The Balaban J connectivity index is 1.55. The van der Waals surface area contributed by atoms with Crippen LogP contribution < -0.4 is 15.0 Å². The van der Waals surface area contributed by atoms with Gasteiger partial charge in [-0.15, -0.1) is 0 Å². The van der Waals surface area contributed by atoms with Crippen LogP contribution in [0.1, 0.15) is 6.42 Å². The second-order valence-electron chi connectivity index (χ2n) is 6.20. The van der Waals surface area contributed by atoms with Crippen molar-refractivity contribution in [2.75, 3.05) is 51.8 Å². The minimum absolute atomic E-state index is 0.00370. The van der Waals surface area contributed by atoms with Gasteiger partial charge in [-0.25, -0.2) is 4.79 Å².